The van der Waals surface area contributed by atoms with Crippen molar-refractivity contribution in [2.24, 2.45) is 0 Å². The van der Waals surface area contributed by atoms with E-state index in [9.17, 15) is 4.79 Å². The summed E-state index contributed by atoms with van der Waals surface area (Å²) in [7, 11) is 0. The number of ether oxygens (including phenoxy) is 1. The highest BCUT2D eigenvalue weighted by molar-refractivity contribution is 5.95. The molecule has 1 fully saturated rings. The van der Waals surface area contributed by atoms with Gasteiger partial charge in [0.25, 0.3) is 5.91 Å². The summed E-state index contributed by atoms with van der Waals surface area (Å²) in [6.45, 7) is 3.25. The van der Waals surface area contributed by atoms with E-state index in [0.717, 1.165) is 24.0 Å². The molecule has 1 amide bonds. The Bertz CT molecular complexity index is 686. The zero-order chi connectivity index (χ0) is 16.1. The monoisotopic (exact) mass is 315 g/mol. The first-order chi connectivity index (χ1) is 11.3. The molecule has 3 rings (SSSR count). The third-order valence-electron chi connectivity index (χ3n) is 3.89. The standard InChI is InChI=1S/C17H21N3O3/c21-9-11-23-10-6-18-17(22)16-4-2-13-12-14(20-7-1-8-20)3-5-15(13)19-16/h2-5,12,21H,1,6-11H2,(H,18,22). The van der Waals surface area contributed by atoms with Crippen LogP contribution in [-0.2, 0) is 4.74 Å². The molecular weight excluding hydrogens is 294 g/mol. The number of anilines is 1. The molecule has 0 spiro atoms. The van der Waals surface area contributed by atoms with Gasteiger partial charge in [-0.15, -0.1) is 0 Å². The number of aromatic nitrogens is 1. The van der Waals surface area contributed by atoms with E-state index < -0.39 is 0 Å². The van der Waals surface area contributed by atoms with Gasteiger partial charge in [-0.25, -0.2) is 4.98 Å². The number of carbonyl (C=O) groups is 1. The molecule has 0 radical (unpaired) electrons. The zero-order valence-corrected chi connectivity index (χ0v) is 13.0. The number of amides is 1. The lowest BCUT2D eigenvalue weighted by molar-refractivity contribution is 0.0835. The number of benzene rings is 1. The van der Waals surface area contributed by atoms with Crippen LogP contribution >= 0.6 is 0 Å². The van der Waals surface area contributed by atoms with Crippen LogP contribution < -0.4 is 10.2 Å². The first-order valence-electron chi connectivity index (χ1n) is 7.90. The van der Waals surface area contributed by atoms with Gasteiger partial charge in [-0.1, -0.05) is 6.07 Å². The molecular formula is C17H21N3O3. The zero-order valence-electron chi connectivity index (χ0n) is 13.0. The van der Waals surface area contributed by atoms with Crippen LogP contribution in [0.1, 0.15) is 16.9 Å². The second kappa shape index (κ2) is 7.39. The van der Waals surface area contributed by atoms with Crippen molar-refractivity contribution in [2.45, 2.75) is 6.42 Å². The molecule has 1 aromatic heterocycles. The number of hydrogen-bond donors (Lipinski definition) is 2. The number of nitrogens with zero attached hydrogens (tertiary/aromatic N) is 2. The van der Waals surface area contributed by atoms with Crippen LogP contribution in [0.4, 0.5) is 5.69 Å². The number of fused-ring (bicyclic) bond motifs is 1. The summed E-state index contributed by atoms with van der Waals surface area (Å²) in [5, 5.41) is 12.4. The van der Waals surface area contributed by atoms with Crippen LogP contribution in [0.2, 0.25) is 0 Å². The molecule has 2 N–H and O–H groups in total. The summed E-state index contributed by atoms with van der Waals surface area (Å²) in [6.07, 6.45) is 1.25. The van der Waals surface area contributed by atoms with E-state index in [-0.39, 0.29) is 19.1 Å². The minimum absolute atomic E-state index is 0.0143. The predicted octanol–water partition coefficient (Wildman–Crippen LogP) is 1.18. The van der Waals surface area contributed by atoms with Gasteiger partial charge in [0.15, 0.2) is 0 Å². The molecule has 2 aromatic rings. The van der Waals surface area contributed by atoms with Gasteiger partial charge in [-0.3, -0.25) is 4.79 Å². The lowest BCUT2D eigenvalue weighted by atomic mass is 10.1. The summed E-state index contributed by atoms with van der Waals surface area (Å²) in [6, 6.07) is 9.81. The molecule has 6 heteroatoms. The topological polar surface area (TPSA) is 74.7 Å². The fourth-order valence-electron chi connectivity index (χ4n) is 2.50. The van der Waals surface area contributed by atoms with E-state index in [1.165, 1.54) is 12.1 Å². The number of nitrogens with one attached hydrogen (secondary N) is 1. The van der Waals surface area contributed by atoms with E-state index in [1.807, 2.05) is 12.1 Å². The molecule has 1 aliphatic rings. The molecule has 0 aliphatic carbocycles. The molecule has 2 heterocycles. The normalized spacial score (nSPS) is 13.9. The van der Waals surface area contributed by atoms with Crippen molar-refractivity contribution in [1.82, 2.24) is 10.3 Å². The molecule has 0 bridgehead atoms. The first-order valence-corrected chi connectivity index (χ1v) is 7.90. The highest BCUT2D eigenvalue weighted by Gasteiger charge is 2.15. The third-order valence-corrected chi connectivity index (χ3v) is 3.89. The predicted molar refractivity (Wildman–Crippen MR) is 88.8 cm³/mol. The van der Waals surface area contributed by atoms with Crippen LogP contribution in [0, 0.1) is 0 Å². The van der Waals surface area contributed by atoms with Gasteiger partial charge >= 0.3 is 0 Å². The van der Waals surface area contributed by atoms with Gasteiger partial charge in [-0.05, 0) is 30.7 Å². The largest absolute Gasteiger partial charge is 0.394 e. The molecule has 0 unspecified atom stereocenters. The Morgan fingerprint density at radius 3 is 2.87 bits per heavy atom. The van der Waals surface area contributed by atoms with Crippen LogP contribution in [0.15, 0.2) is 30.3 Å². The van der Waals surface area contributed by atoms with Gasteiger partial charge < -0.3 is 20.1 Å². The Kier molecular flexibility index (Phi) is 5.05. The smallest absolute Gasteiger partial charge is 0.269 e. The van der Waals surface area contributed by atoms with Crippen molar-refractivity contribution in [1.29, 1.82) is 0 Å². The van der Waals surface area contributed by atoms with Crippen LogP contribution in [-0.4, -0.2) is 55.5 Å². The molecule has 0 atom stereocenters. The van der Waals surface area contributed by atoms with Crippen molar-refractivity contribution in [3.8, 4) is 0 Å². The lowest BCUT2D eigenvalue weighted by Gasteiger charge is -2.33. The number of pyridine rings is 1. The summed E-state index contributed by atoms with van der Waals surface area (Å²) in [5.41, 5.74) is 2.43. The van der Waals surface area contributed by atoms with Crippen molar-refractivity contribution < 1.29 is 14.6 Å². The van der Waals surface area contributed by atoms with Crippen LogP contribution in [0.5, 0.6) is 0 Å². The second-order valence-electron chi connectivity index (χ2n) is 5.51. The SMILES string of the molecule is O=C(NCCOCCO)c1ccc2cc(N3CCC3)ccc2n1. The minimum Gasteiger partial charge on any atom is -0.394 e. The fraction of sp³-hybridized carbons (Fsp3) is 0.412. The average Bonchev–Trinajstić information content (AvgIpc) is 2.52. The van der Waals surface area contributed by atoms with Gasteiger partial charge in [0.05, 0.1) is 25.3 Å². The first kappa shape index (κ1) is 15.7. The molecule has 1 aliphatic heterocycles. The molecule has 1 aromatic carbocycles. The average molecular weight is 315 g/mol. The van der Waals surface area contributed by atoms with Gasteiger partial charge in [0, 0.05) is 30.7 Å². The maximum atomic E-state index is 12.1. The fourth-order valence-corrected chi connectivity index (χ4v) is 2.50. The van der Waals surface area contributed by atoms with Crippen LogP contribution in [0.25, 0.3) is 10.9 Å². The Morgan fingerprint density at radius 1 is 1.26 bits per heavy atom. The Balaban J connectivity index is 1.64. The summed E-state index contributed by atoms with van der Waals surface area (Å²) in [5.74, 6) is -0.216. The Hall–Kier alpha value is -2.18. The maximum Gasteiger partial charge on any atom is 0.269 e. The van der Waals surface area contributed by atoms with Crippen molar-refractivity contribution in [3.63, 3.8) is 0 Å². The van der Waals surface area contributed by atoms with Crippen LogP contribution in [0.3, 0.4) is 0 Å². The number of rotatable bonds is 7. The third kappa shape index (κ3) is 3.78. The number of aliphatic hydroxyl groups excluding tert-OH is 1. The van der Waals surface area contributed by atoms with Gasteiger partial charge in [-0.2, -0.15) is 0 Å². The quantitative estimate of drug-likeness (QED) is 0.751. The van der Waals surface area contributed by atoms with Crippen molar-refractivity contribution in [3.05, 3.63) is 36.0 Å². The molecule has 122 valence electrons. The Labute approximate surface area is 135 Å². The summed E-state index contributed by atoms with van der Waals surface area (Å²) in [4.78, 5) is 18.8. The summed E-state index contributed by atoms with van der Waals surface area (Å²) < 4.78 is 5.10. The van der Waals surface area contributed by atoms with Crippen molar-refractivity contribution in [2.75, 3.05) is 44.4 Å². The second-order valence-corrected chi connectivity index (χ2v) is 5.51. The van der Waals surface area contributed by atoms with E-state index in [2.05, 4.69) is 27.3 Å². The highest BCUT2D eigenvalue weighted by Crippen LogP contribution is 2.24. The number of hydrogen-bond acceptors (Lipinski definition) is 5. The molecule has 23 heavy (non-hydrogen) atoms. The summed E-state index contributed by atoms with van der Waals surface area (Å²) >= 11 is 0. The Morgan fingerprint density at radius 2 is 2.13 bits per heavy atom. The van der Waals surface area contributed by atoms with E-state index in [0.29, 0.717) is 18.8 Å². The minimum atomic E-state index is -0.216. The highest BCUT2D eigenvalue weighted by atomic mass is 16.5. The molecule has 1 saturated heterocycles. The maximum absolute atomic E-state index is 12.1. The number of carbonyl (C=O) groups excluding carboxylic acids is 1. The lowest BCUT2D eigenvalue weighted by Crippen LogP contribution is -2.36. The molecule has 6 nitrogen and oxygen atoms in total. The van der Waals surface area contributed by atoms with E-state index >= 15 is 0 Å². The van der Waals surface area contributed by atoms with Gasteiger partial charge in [0.2, 0.25) is 0 Å². The van der Waals surface area contributed by atoms with Gasteiger partial charge in [0.1, 0.15) is 5.69 Å². The van der Waals surface area contributed by atoms with E-state index in [4.69, 9.17) is 9.84 Å². The van der Waals surface area contributed by atoms with E-state index in [1.54, 1.807) is 6.07 Å². The number of aliphatic hydroxyl groups is 1. The molecule has 0 saturated carbocycles. The van der Waals surface area contributed by atoms with Crippen molar-refractivity contribution >= 4 is 22.5 Å².